The van der Waals surface area contributed by atoms with E-state index in [4.69, 9.17) is 12.2 Å². The van der Waals surface area contributed by atoms with Crippen molar-refractivity contribution in [3.8, 4) is 0 Å². The Kier molecular flexibility index (Phi) is 2.08. The van der Waals surface area contributed by atoms with Crippen LogP contribution < -0.4 is 0 Å². The summed E-state index contributed by atoms with van der Waals surface area (Å²) < 4.78 is 0.725. The molecule has 4 heteroatoms. The first-order chi connectivity index (χ1) is 4.22. The van der Waals surface area contributed by atoms with Crippen molar-refractivity contribution in [1.82, 2.24) is 4.90 Å². The number of rotatable bonds is 0. The summed E-state index contributed by atoms with van der Waals surface area (Å²) in [5.41, 5.74) is 0. The van der Waals surface area contributed by atoms with E-state index in [9.17, 15) is 4.79 Å². The maximum atomic E-state index is 10.7. The lowest BCUT2D eigenvalue weighted by Crippen LogP contribution is -2.27. The highest BCUT2D eigenvalue weighted by molar-refractivity contribution is 8.23. The van der Waals surface area contributed by atoms with Crippen LogP contribution >= 0.6 is 24.0 Å². The van der Waals surface area contributed by atoms with Crippen LogP contribution in [0.2, 0.25) is 0 Å². The van der Waals surface area contributed by atoms with Crippen molar-refractivity contribution in [3.63, 3.8) is 0 Å². The van der Waals surface area contributed by atoms with E-state index in [1.165, 1.54) is 6.92 Å². The normalized spacial score (nSPS) is 18.8. The Labute approximate surface area is 63.6 Å². The van der Waals surface area contributed by atoms with Crippen molar-refractivity contribution in [2.75, 3.05) is 12.3 Å². The van der Waals surface area contributed by atoms with Gasteiger partial charge in [0.2, 0.25) is 5.91 Å². The SMILES string of the molecule is CC(=O)N1CCSC1=S. The van der Waals surface area contributed by atoms with Gasteiger partial charge in [0, 0.05) is 19.2 Å². The highest BCUT2D eigenvalue weighted by Crippen LogP contribution is 2.17. The first-order valence-corrected chi connectivity index (χ1v) is 4.06. The van der Waals surface area contributed by atoms with E-state index in [1.807, 2.05) is 0 Å². The fraction of sp³-hybridized carbons (Fsp3) is 0.600. The molecule has 1 amide bonds. The summed E-state index contributed by atoms with van der Waals surface area (Å²) in [6.07, 6.45) is 0. The molecule has 1 aliphatic heterocycles. The molecule has 9 heavy (non-hydrogen) atoms. The Balaban J connectivity index is 2.60. The van der Waals surface area contributed by atoms with Gasteiger partial charge in [0.15, 0.2) is 0 Å². The molecule has 1 saturated heterocycles. The Morgan fingerprint density at radius 1 is 1.89 bits per heavy atom. The fourth-order valence-corrected chi connectivity index (χ4v) is 1.97. The van der Waals surface area contributed by atoms with Gasteiger partial charge in [-0.05, 0) is 0 Å². The third-order valence-corrected chi connectivity index (χ3v) is 2.57. The lowest BCUT2D eigenvalue weighted by molar-refractivity contribution is -0.124. The van der Waals surface area contributed by atoms with Crippen molar-refractivity contribution >= 4 is 34.2 Å². The first kappa shape index (κ1) is 7.02. The molecule has 1 aliphatic rings. The smallest absolute Gasteiger partial charge is 0.224 e. The van der Waals surface area contributed by atoms with Crippen LogP contribution in [0.5, 0.6) is 0 Å². The van der Waals surface area contributed by atoms with Gasteiger partial charge in [-0.2, -0.15) is 0 Å². The second kappa shape index (κ2) is 2.66. The predicted molar refractivity (Wildman–Crippen MR) is 42.4 cm³/mol. The largest absolute Gasteiger partial charge is 0.297 e. The van der Waals surface area contributed by atoms with Gasteiger partial charge in [-0.3, -0.25) is 9.69 Å². The highest BCUT2D eigenvalue weighted by atomic mass is 32.2. The summed E-state index contributed by atoms with van der Waals surface area (Å²) in [6, 6.07) is 0. The number of thiocarbonyl (C=S) groups is 1. The van der Waals surface area contributed by atoms with Crippen molar-refractivity contribution in [2.24, 2.45) is 0 Å². The van der Waals surface area contributed by atoms with E-state index in [0.717, 1.165) is 16.6 Å². The van der Waals surface area contributed by atoms with Crippen molar-refractivity contribution in [2.45, 2.75) is 6.92 Å². The fourth-order valence-electron chi connectivity index (χ4n) is 0.679. The summed E-state index contributed by atoms with van der Waals surface area (Å²) in [5, 5.41) is 0. The number of hydrogen-bond donors (Lipinski definition) is 0. The summed E-state index contributed by atoms with van der Waals surface area (Å²) >= 11 is 6.45. The average Bonchev–Trinajstić information content (AvgIpc) is 2.13. The second-order valence-electron chi connectivity index (χ2n) is 1.79. The van der Waals surface area contributed by atoms with Gasteiger partial charge < -0.3 is 0 Å². The minimum atomic E-state index is 0.0602. The molecule has 0 atom stereocenters. The number of thioether (sulfide) groups is 1. The lowest BCUT2D eigenvalue weighted by Gasteiger charge is -2.09. The zero-order chi connectivity index (χ0) is 6.85. The molecule has 1 heterocycles. The molecule has 0 bridgehead atoms. The Morgan fingerprint density at radius 2 is 2.56 bits per heavy atom. The van der Waals surface area contributed by atoms with Crippen LogP contribution in [0.15, 0.2) is 0 Å². The van der Waals surface area contributed by atoms with Gasteiger partial charge in [-0.25, -0.2) is 0 Å². The standard InChI is InChI=1S/C5H7NOS2/c1-4(7)6-2-3-9-5(6)8/h2-3H2,1H3. The molecule has 2 nitrogen and oxygen atoms in total. The van der Waals surface area contributed by atoms with Gasteiger partial charge in [-0.1, -0.05) is 24.0 Å². The van der Waals surface area contributed by atoms with E-state index in [2.05, 4.69) is 0 Å². The molecule has 0 N–H and O–H groups in total. The van der Waals surface area contributed by atoms with Crippen LogP contribution in [0.4, 0.5) is 0 Å². The zero-order valence-electron chi connectivity index (χ0n) is 5.09. The molecule has 0 aromatic carbocycles. The van der Waals surface area contributed by atoms with Gasteiger partial charge >= 0.3 is 0 Å². The van der Waals surface area contributed by atoms with Crippen LogP contribution in [-0.4, -0.2) is 27.4 Å². The molecular formula is C5H7NOS2. The minimum absolute atomic E-state index is 0.0602. The molecule has 0 unspecified atom stereocenters. The van der Waals surface area contributed by atoms with E-state index >= 15 is 0 Å². The summed E-state index contributed by atoms with van der Waals surface area (Å²) in [7, 11) is 0. The second-order valence-corrected chi connectivity index (χ2v) is 3.51. The van der Waals surface area contributed by atoms with Crippen LogP contribution in [0.3, 0.4) is 0 Å². The Hall–Kier alpha value is -0.0900. The topological polar surface area (TPSA) is 20.3 Å². The molecule has 0 aliphatic carbocycles. The van der Waals surface area contributed by atoms with E-state index in [1.54, 1.807) is 16.7 Å². The lowest BCUT2D eigenvalue weighted by atomic mass is 10.6. The van der Waals surface area contributed by atoms with E-state index in [-0.39, 0.29) is 5.91 Å². The summed E-state index contributed by atoms with van der Waals surface area (Å²) in [5.74, 6) is 1.02. The third kappa shape index (κ3) is 1.43. The number of carbonyl (C=O) groups is 1. The highest BCUT2D eigenvalue weighted by Gasteiger charge is 2.20. The molecule has 0 saturated carbocycles. The maximum absolute atomic E-state index is 10.7. The van der Waals surface area contributed by atoms with Crippen molar-refractivity contribution in [3.05, 3.63) is 0 Å². The van der Waals surface area contributed by atoms with E-state index < -0.39 is 0 Å². The Bertz CT molecular complexity index is 157. The predicted octanol–water partition coefficient (Wildman–Crippen LogP) is 0.867. The molecule has 0 radical (unpaired) electrons. The molecule has 50 valence electrons. The number of hydrogen-bond acceptors (Lipinski definition) is 3. The molecule has 0 spiro atoms. The molecule has 0 aromatic rings. The number of nitrogens with zero attached hydrogens (tertiary/aromatic N) is 1. The number of amides is 1. The van der Waals surface area contributed by atoms with Crippen LogP contribution in [0, 0.1) is 0 Å². The van der Waals surface area contributed by atoms with Gasteiger partial charge in [0.05, 0.1) is 0 Å². The van der Waals surface area contributed by atoms with Crippen molar-refractivity contribution in [1.29, 1.82) is 0 Å². The maximum Gasteiger partial charge on any atom is 0.224 e. The summed E-state index contributed by atoms with van der Waals surface area (Å²) in [6.45, 7) is 2.33. The van der Waals surface area contributed by atoms with Gasteiger partial charge in [-0.15, -0.1) is 0 Å². The average molecular weight is 161 g/mol. The molecule has 1 fully saturated rings. The Morgan fingerprint density at radius 3 is 2.78 bits per heavy atom. The van der Waals surface area contributed by atoms with Crippen molar-refractivity contribution < 1.29 is 4.79 Å². The van der Waals surface area contributed by atoms with E-state index in [0.29, 0.717) is 0 Å². The van der Waals surface area contributed by atoms with Crippen LogP contribution in [0.25, 0.3) is 0 Å². The van der Waals surface area contributed by atoms with Gasteiger partial charge in [0.25, 0.3) is 0 Å². The quantitative estimate of drug-likeness (QED) is 0.492. The minimum Gasteiger partial charge on any atom is -0.297 e. The zero-order valence-corrected chi connectivity index (χ0v) is 6.72. The first-order valence-electron chi connectivity index (χ1n) is 2.66. The molecular weight excluding hydrogens is 154 g/mol. The monoisotopic (exact) mass is 161 g/mol. The van der Waals surface area contributed by atoms with Crippen LogP contribution in [0.1, 0.15) is 6.92 Å². The molecule has 0 aromatic heterocycles. The van der Waals surface area contributed by atoms with Crippen LogP contribution in [-0.2, 0) is 4.79 Å². The number of carbonyl (C=O) groups excluding carboxylic acids is 1. The summed E-state index contributed by atoms with van der Waals surface area (Å²) in [4.78, 5) is 12.3. The van der Waals surface area contributed by atoms with Gasteiger partial charge in [0.1, 0.15) is 4.32 Å². The third-order valence-electron chi connectivity index (χ3n) is 1.14. The molecule has 1 rings (SSSR count).